The third-order valence-electron chi connectivity index (χ3n) is 3.57. The zero-order valence-corrected chi connectivity index (χ0v) is 14.4. The van der Waals surface area contributed by atoms with E-state index in [9.17, 15) is 4.79 Å². The van der Waals surface area contributed by atoms with Crippen molar-refractivity contribution in [3.8, 4) is 17.4 Å². The van der Waals surface area contributed by atoms with Crippen molar-refractivity contribution in [3.05, 3.63) is 66.4 Å². The maximum absolute atomic E-state index is 10.5. The largest absolute Gasteiger partial charge is 0.487 e. The lowest BCUT2D eigenvalue weighted by atomic mass is 10.3. The van der Waals surface area contributed by atoms with Crippen LogP contribution in [0.25, 0.3) is 11.0 Å². The predicted molar refractivity (Wildman–Crippen MR) is 97.7 cm³/mol. The minimum absolute atomic E-state index is 0.355. The number of rotatable bonds is 6. The third kappa shape index (κ3) is 4.36. The van der Waals surface area contributed by atoms with Gasteiger partial charge in [-0.25, -0.2) is 14.8 Å². The number of fused-ring (bicyclic) bond motifs is 1. The Morgan fingerprint density at radius 2 is 1.65 bits per heavy atom. The molecule has 0 bridgehead atoms. The normalized spacial score (nSPS) is 12.2. The fourth-order valence-corrected chi connectivity index (χ4v) is 2.34. The molecule has 2 aromatic carbocycles. The van der Waals surface area contributed by atoms with E-state index in [4.69, 9.17) is 14.6 Å². The van der Waals surface area contributed by atoms with Gasteiger partial charge in [0.2, 0.25) is 5.88 Å². The van der Waals surface area contributed by atoms with Crippen LogP contribution in [0.5, 0.6) is 17.4 Å². The summed E-state index contributed by atoms with van der Waals surface area (Å²) >= 11 is 0. The van der Waals surface area contributed by atoms with Gasteiger partial charge >= 0.3 is 5.97 Å². The van der Waals surface area contributed by atoms with Crippen molar-refractivity contribution in [2.45, 2.75) is 20.0 Å². The van der Waals surface area contributed by atoms with E-state index in [1.54, 1.807) is 31.2 Å². The highest BCUT2D eigenvalue weighted by Crippen LogP contribution is 2.26. The molecule has 1 heterocycles. The Bertz CT molecular complexity index is 952. The second-order valence-corrected chi connectivity index (χ2v) is 5.70. The van der Waals surface area contributed by atoms with Gasteiger partial charge in [0.25, 0.3) is 0 Å². The molecule has 1 atom stereocenters. The molecule has 0 saturated heterocycles. The third-order valence-corrected chi connectivity index (χ3v) is 3.57. The van der Waals surface area contributed by atoms with E-state index in [1.807, 2.05) is 31.2 Å². The van der Waals surface area contributed by atoms with E-state index in [2.05, 4.69) is 9.97 Å². The summed E-state index contributed by atoms with van der Waals surface area (Å²) in [5.74, 6) is 0.672. The molecule has 0 aliphatic rings. The number of aryl methyl sites for hydroxylation is 1. The molecule has 6 heteroatoms. The Kier molecular flexibility index (Phi) is 5.12. The summed E-state index contributed by atoms with van der Waals surface area (Å²) in [4.78, 5) is 19.5. The first kappa shape index (κ1) is 17.4. The second kappa shape index (κ2) is 7.65. The summed E-state index contributed by atoms with van der Waals surface area (Å²) in [5.41, 5.74) is 2.30. The van der Waals surface area contributed by atoms with E-state index in [1.165, 1.54) is 6.08 Å². The van der Waals surface area contributed by atoms with Crippen LogP contribution in [0.15, 0.2) is 60.7 Å². The standard InChI is InChI=1S/C20H18N2O4/c1-13(7-12-19(23)24)25-15-8-10-16(11-9-15)26-20-14(2)21-17-5-3-4-6-18(17)22-20/h3-13H,1-2H3,(H,23,24)/b12-7+. The second-order valence-electron chi connectivity index (χ2n) is 5.70. The Balaban J connectivity index is 1.71. The van der Waals surface area contributed by atoms with Crippen LogP contribution in [0.4, 0.5) is 0 Å². The van der Waals surface area contributed by atoms with Crippen molar-refractivity contribution in [1.29, 1.82) is 0 Å². The fourth-order valence-electron chi connectivity index (χ4n) is 2.34. The smallest absolute Gasteiger partial charge is 0.328 e. The Hall–Kier alpha value is -3.41. The summed E-state index contributed by atoms with van der Waals surface area (Å²) in [6.07, 6.45) is 2.18. The molecular formula is C20H18N2O4. The van der Waals surface area contributed by atoms with Crippen molar-refractivity contribution in [1.82, 2.24) is 9.97 Å². The van der Waals surface area contributed by atoms with Gasteiger partial charge in [-0.3, -0.25) is 0 Å². The molecule has 0 fully saturated rings. The Labute approximate surface area is 150 Å². The average molecular weight is 350 g/mol. The van der Waals surface area contributed by atoms with Crippen LogP contribution in [0, 0.1) is 6.92 Å². The van der Waals surface area contributed by atoms with Gasteiger partial charge in [0.15, 0.2) is 0 Å². The first-order valence-corrected chi connectivity index (χ1v) is 8.10. The molecule has 0 amide bonds. The van der Waals surface area contributed by atoms with Crippen LogP contribution >= 0.6 is 0 Å². The van der Waals surface area contributed by atoms with E-state index in [0.717, 1.165) is 17.1 Å². The lowest BCUT2D eigenvalue weighted by Gasteiger charge is -2.12. The van der Waals surface area contributed by atoms with Crippen molar-refractivity contribution in [2.24, 2.45) is 0 Å². The molecule has 1 N–H and O–H groups in total. The van der Waals surface area contributed by atoms with Crippen LogP contribution in [0.1, 0.15) is 12.6 Å². The summed E-state index contributed by atoms with van der Waals surface area (Å²) in [5, 5.41) is 8.62. The number of carboxylic acid groups (broad SMARTS) is 1. The molecule has 0 aliphatic carbocycles. The molecule has 0 saturated carbocycles. The van der Waals surface area contributed by atoms with E-state index in [0.29, 0.717) is 23.1 Å². The van der Waals surface area contributed by atoms with Crippen molar-refractivity contribution < 1.29 is 19.4 Å². The monoisotopic (exact) mass is 350 g/mol. The molecule has 3 aromatic rings. The zero-order chi connectivity index (χ0) is 18.5. The van der Waals surface area contributed by atoms with Gasteiger partial charge in [-0.15, -0.1) is 0 Å². The first-order chi connectivity index (χ1) is 12.5. The number of carboxylic acids is 1. The maximum atomic E-state index is 10.5. The molecule has 3 rings (SSSR count). The van der Waals surface area contributed by atoms with Crippen LogP contribution in [0.3, 0.4) is 0 Å². The molecule has 0 spiro atoms. The average Bonchev–Trinajstić information content (AvgIpc) is 2.62. The van der Waals surface area contributed by atoms with Crippen molar-refractivity contribution >= 4 is 17.0 Å². The summed E-state index contributed by atoms with van der Waals surface area (Å²) in [6, 6.07) is 14.7. The van der Waals surface area contributed by atoms with Gasteiger partial charge in [-0.1, -0.05) is 12.1 Å². The number of nitrogens with zero attached hydrogens (tertiary/aromatic N) is 2. The topological polar surface area (TPSA) is 81.5 Å². The Morgan fingerprint density at radius 3 is 2.31 bits per heavy atom. The van der Waals surface area contributed by atoms with Gasteiger partial charge in [-0.05, 0) is 56.3 Å². The molecule has 0 aliphatic heterocycles. The van der Waals surface area contributed by atoms with Crippen LogP contribution in [-0.4, -0.2) is 27.1 Å². The van der Waals surface area contributed by atoms with Gasteiger partial charge in [0.05, 0.1) is 11.0 Å². The van der Waals surface area contributed by atoms with Crippen molar-refractivity contribution in [3.63, 3.8) is 0 Å². The highest BCUT2D eigenvalue weighted by atomic mass is 16.5. The highest BCUT2D eigenvalue weighted by Gasteiger charge is 2.08. The van der Waals surface area contributed by atoms with Gasteiger partial charge in [0, 0.05) is 6.08 Å². The summed E-state index contributed by atoms with van der Waals surface area (Å²) in [6.45, 7) is 3.61. The number of aliphatic carboxylic acids is 1. The van der Waals surface area contributed by atoms with Crippen molar-refractivity contribution in [2.75, 3.05) is 0 Å². The lowest BCUT2D eigenvalue weighted by molar-refractivity contribution is -0.131. The quantitative estimate of drug-likeness (QED) is 0.673. The number of hydrogen-bond acceptors (Lipinski definition) is 5. The van der Waals surface area contributed by atoms with Crippen LogP contribution in [-0.2, 0) is 4.79 Å². The molecule has 1 unspecified atom stereocenters. The highest BCUT2D eigenvalue weighted by molar-refractivity contribution is 5.79. The Morgan fingerprint density at radius 1 is 1.04 bits per heavy atom. The minimum Gasteiger partial charge on any atom is -0.487 e. The maximum Gasteiger partial charge on any atom is 0.328 e. The summed E-state index contributed by atoms with van der Waals surface area (Å²) in [7, 11) is 0. The number of para-hydroxylation sites is 2. The molecule has 1 aromatic heterocycles. The van der Waals surface area contributed by atoms with E-state index in [-0.39, 0.29) is 6.10 Å². The SMILES string of the molecule is Cc1nc2ccccc2nc1Oc1ccc(OC(C)/C=C/C(=O)O)cc1. The van der Waals surface area contributed by atoms with Gasteiger partial charge in [-0.2, -0.15) is 0 Å². The fraction of sp³-hybridized carbons (Fsp3) is 0.150. The van der Waals surface area contributed by atoms with Crippen LogP contribution in [0.2, 0.25) is 0 Å². The molecular weight excluding hydrogens is 332 g/mol. The lowest BCUT2D eigenvalue weighted by Crippen LogP contribution is -2.08. The summed E-state index contributed by atoms with van der Waals surface area (Å²) < 4.78 is 11.5. The van der Waals surface area contributed by atoms with Gasteiger partial charge in [0.1, 0.15) is 23.3 Å². The number of aromatic nitrogens is 2. The number of carbonyl (C=O) groups is 1. The molecule has 0 radical (unpaired) electrons. The number of benzene rings is 2. The molecule has 6 nitrogen and oxygen atoms in total. The first-order valence-electron chi connectivity index (χ1n) is 8.10. The number of ether oxygens (including phenoxy) is 2. The van der Waals surface area contributed by atoms with Crippen LogP contribution < -0.4 is 9.47 Å². The molecule has 26 heavy (non-hydrogen) atoms. The minimum atomic E-state index is -1.00. The zero-order valence-electron chi connectivity index (χ0n) is 14.4. The predicted octanol–water partition coefficient (Wildman–Crippen LogP) is 4.14. The van der Waals surface area contributed by atoms with E-state index < -0.39 is 5.97 Å². The number of hydrogen-bond donors (Lipinski definition) is 1. The van der Waals surface area contributed by atoms with E-state index >= 15 is 0 Å². The van der Waals surface area contributed by atoms with Gasteiger partial charge < -0.3 is 14.6 Å². The molecule has 132 valence electrons.